The lowest BCUT2D eigenvalue weighted by atomic mass is 9.84. The summed E-state index contributed by atoms with van der Waals surface area (Å²) in [6.45, 7) is 9.36. The number of aromatic hydroxyl groups is 1. The first-order valence-electron chi connectivity index (χ1n) is 5.84. The summed E-state index contributed by atoms with van der Waals surface area (Å²) >= 11 is 0. The van der Waals surface area contributed by atoms with Gasteiger partial charge in [-0.25, -0.2) is 0 Å². The summed E-state index contributed by atoms with van der Waals surface area (Å²) in [5.74, 6) is 0.466. The maximum absolute atomic E-state index is 10.2. The molecular weight excluding hydrogens is 198 g/mol. The smallest absolute Gasteiger partial charge is 0.122 e. The van der Waals surface area contributed by atoms with Crippen LogP contribution in [-0.2, 0) is 11.8 Å². The zero-order valence-corrected chi connectivity index (χ0v) is 11.0. The van der Waals surface area contributed by atoms with Gasteiger partial charge < -0.3 is 10.4 Å². The molecule has 2 heteroatoms. The Labute approximate surface area is 98.7 Å². The maximum atomic E-state index is 10.2. The standard InChI is InChI=1S/C14H23NO/c1-10-8-11(6-7-15-5)13(16)12(9-10)14(2,3)4/h8-9,15-16H,6-7H2,1-5H3. The van der Waals surface area contributed by atoms with E-state index in [9.17, 15) is 5.11 Å². The molecule has 0 heterocycles. The highest BCUT2D eigenvalue weighted by atomic mass is 16.3. The third-order valence-electron chi connectivity index (χ3n) is 2.79. The van der Waals surface area contributed by atoms with Gasteiger partial charge in [0.25, 0.3) is 0 Å². The molecule has 0 atom stereocenters. The number of phenols is 1. The Morgan fingerprint density at radius 3 is 2.38 bits per heavy atom. The van der Waals surface area contributed by atoms with Crippen molar-refractivity contribution in [2.24, 2.45) is 0 Å². The summed E-state index contributed by atoms with van der Waals surface area (Å²) in [4.78, 5) is 0. The van der Waals surface area contributed by atoms with Crippen LogP contribution in [0.15, 0.2) is 12.1 Å². The van der Waals surface area contributed by atoms with E-state index in [4.69, 9.17) is 0 Å². The molecule has 2 nitrogen and oxygen atoms in total. The number of rotatable bonds is 3. The van der Waals surface area contributed by atoms with Crippen molar-refractivity contribution in [3.05, 3.63) is 28.8 Å². The quantitative estimate of drug-likeness (QED) is 0.822. The van der Waals surface area contributed by atoms with Crippen molar-refractivity contribution in [2.45, 2.75) is 39.5 Å². The molecule has 0 aliphatic carbocycles. The van der Waals surface area contributed by atoms with Gasteiger partial charge in [-0.05, 0) is 43.5 Å². The van der Waals surface area contributed by atoms with E-state index in [2.05, 4.69) is 45.1 Å². The molecule has 0 aliphatic rings. The van der Waals surface area contributed by atoms with Crippen molar-refractivity contribution >= 4 is 0 Å². The van der Waals surface area contributed by atoms with E-state index < -0.39 is 0 Å². The van der Waals surface area contributed by atoms with Crippen LogP contribution < -0.4 is 5.32 Å². The molecule has 0 aromatic heterocycles. The van der Waals surface area contributed by atoms with Crippen molar-refractivity contribution in [1.29, 1.82) is 0 Å². The van der Waals surface area contributed by atoms with Crippen molar-refractivity contribution < 1.29 is 5.11 Å². The Kier molecular flexibility index (Phi) is 3.98. The van der Waals surface area contributed by atoms with Gasteiger partial charge in [-0.15, -0.1) is 0 Å². The summed E-state index contributed by atoms with van der Waals surface area (Å²) in [6.07, 6.45) is 0.868. The average Bonchev–Trinajstić information content (AvgIpc) is 2.17. The Bertz CT molecular complexity index is 364. The molecule has 0 saturated carbocycles. The number of phenolic OH excluding ortho intramolecular Hbond substituents is 1. The normalized spacial score (nSPS) is 11.8. The molecule has 0 radical (unpaired) electrons. The topological polar surface area (TPSA) is 32.3 Å². The molecule has 16 heavy (non-hydrogen) atoms. The largest absolute Gasteiger partial charge is 0.507 e. The number of hydrogen-bond acceptors (Lipinski definition) is 2. The van der Waals surface area contributed by atoms with E-state index in [1.54, 1.807) is 0 Å². The van der Waals surface area contributed by atoms with Crippen LogP contribution in [-0.4, -0.2) is 18.7 Å². The molecule has 1 aromatic carbocycles. The van der Waals surface area contributed by atoms with Crippen molar-refractivity contribution in [3.8, 4) is 5.75 Å². The minimum Gasteiger partial charge on any atom is -0.507 e. The lowest BCUT2D eigenvalue weighted by molar-refractivity contribution is 0.439. The van der Waals surface area contributed by atoms with Crippen LogP contribution in [0.4, 0.5) is 0 Å². The summed E-state index contributed by atoms with van der Waals surface area (Å²) in [6, 6.07) is 4.15. The van der Waals surface area contributed by atoms with Gasteiger partial charge in [-0.3, -0.25) is 0 Å². The van der Waals surface area contributed by atoms with E-state index in [0.29, 0.717) is 5.75 Å². The van der Waals surface area contributed by atoms with Crippen LogP contribution in [0.1, 0.15) is 37.5 Å². The third kappa shape index (κ3) is 2.99. The number of aryl methyl sites for hydroxylation is 1. The third-order valence-corrected chi connectivity index (χ3v) is 2.79. The Balaban J connectivity index is 3.16. The molecule has 2 N–H and O–H groups in total. The van der Waals surface area contributed by atoms with Gasteiger partial charge in [0.15, 0.2) is 0 Å². The Hall–Kier alpha value is -1.02. The van der Waals surface area contributed by atoms with Gasteiger partial charge in [0.2, 0.25) is 0 Å². The van der Waals surface area contributed by atoms with E-state index in [0.717, 1.165) is 24.1 Å². The van der Waals surface area contributed by atoms with Crippen LogP contribution in [0.2, 0.25) is 0 Å². The minimum absolute atomic E-state index is 0.00943. The molecule has 0 spiro atoms. The van der Waals surface area contributed by atoms with Gasteiger partial charge in [0, 0.05) is 0 Å². The fourth-order valence-corrected chi connectivity index (χ4v) is 1.88. The van der Waals surface area contributed by atoms with Crippen LogP contribution in [0.3, 0.4) is 0 Å². The predicted octanol–water partition coefficient (Wildman–Crippen LogP) is 2.76. The van der Waals surface area contributed by atoms with E-state index in [1.807, 2.05) is 7.05 Å². The first kappa shape index (κ1) is 13.0. The number of hydrogen-bond donors (Lipinski definition) is 2. The number of nitrogens with one attached hydrogen (secondary N) is 1. The predicted molar refractivity (Wildman–Crippen MR) is 69.2 cm³/mol. The molecule has 1 aromatic rings. The molecule has 0 bridgehead atoms. The average molecular weight is 221 g/mol. The monoisotopic (exact) mass is 221 g/mol. The first-order chi connectivity index (χ1) is 7.36. The van der Waals surface area contributed by atoms with Crippen LogP contribution in [0.25, 0.3) is 0 Å². The first-order valence-corrected chi connectivity index (χ1v) is 5.84. The Morgan fingerprint density at radius 2 is 1.88 bits per heavy atom. The van der Waals surface area contributed by atoms with Crippen LogP contribution in [0.5, 0.6) is 5.75 Å². The van der Waals surface area contributed by atoms with Crippen LogP contribution >= 0.6 is 0 Å². The van der Waals surface area contributed by atoms with Crippen LogP contribution in [0, 0.1) is 6.92 Å². The summed E-state index contributed by atoms with van der Waals surface area (Å²) in [5, 5.41) is 13.4. The van der Waals surface area contributed by atoms with E-state index >= 15 is 0 Å². The molecule has 0 amide bonds. The fourth-order valence-electron chi connectivity index (χ4n) is 1.88. The summed E-state index contributed by atoms with van der Waals surface area (Å²) < 4.78 is 0. The molecule has 0 unspecified atom stereocenters. The van der Waals surface area contributed by atoms with Gasteiger partial charge in [-0.1, -0.05) is 38.5 Å². The van der Waals surface area contributed by atoms with Gasteiger partial charge in [0.05, 0.1) is 0 Å². The highest BCUT2D eigenvalue weighted by Crippen LogP contribution is 2.34. The number of likely N-dealkylation sites (N-methyl/N-ethyl adjacent to an activating group) is 1. The zero-order valence-electron chi connectivity index (χ0n) is 11.0. The van der Waals surface area contributed by atoms with Crippen molar-refractivity contribution in [3.63, 3.8) is 0 Å². The lowest BCUT2D eigenvalue weighted by Gasteiger charge is -2.23. The van der Waals surface area contributed by atoms with Gasteiger partial charge >= 0.3 is 0 Å². The second-order valence-electron chi connectivity index (χ2n) is 5.42. The van der Waals surface area contributed by atoms with E-state index in [-0.39, 0.29) is 5.41 Å². The summed E-state index contributed by atoms with van der Waals surface area (Å²) in [5.41, 5.74) is 3.29. The highest BCUT2D eigenvalue weighted by Gasteiger charge is 2.20. The molecule has 1 rings (SSSR count). The van der Waals surface area contributed by atoms with E-state index in [1.165, 1.54) is 5.56 Å². The molecule has 0 fully saturated rings. The minimum atomic E-state index is -0.00943. The lowest BCUT2D eigenvalue weighted by Crippen LogP contribution is -2.14. The fraction of sp³-hybridized carbons (Fsp3) is 0.571. The summed E-state index contributed by atoms with van der Waals surface area (Å²) in [7, 11) is 1.93. The van der Waals surface area contributed by atoms with Gasteiger partial charge in [-0.2, -0.15) is 0 Å². The molecule has 90 valence electrons. The Morgan fingerprint density at radius 1 is 1.25 bits per heavy atom. The van der Waals surface area contributed by atoms with Crippen molar-refractivity contribution in [2.75, 3.05) is 13.6 Å². The maximum Gasteiger partial charge on any atom is 0.122 e. The molecular formula is C14H23NO. The van der Waals surface area contributed by atoms with Crippen molar-refractivity contribution in [1.82, 2.24) is 5.32 Å². The molecule has 0 saturated heterocycles. The highest BCUT2D eigenvalue weighted by molar-refractivity contribution is 5.46. The molecule has 0 aliphatic heterocycles. The zero-order chi connectivity index (χ0) is 12.3. The second-order valence-corrected chi connectivity index (χ2v) is 5.42. The number of benzene rings is 1. The van der Waals surface area contributed by atoms with Gasteiger partial charge in [0.1, 0.15) is 5.75 Å². The SMILES string of the molecule is CNCCc1cc(C)cc(C(C)(C)C)c1O. The second kappa shape index (κ2) is 4.88.